The van der Waals surface area contributed by atoms with Gasteiger partial charge in [0.25, 0.3) is 0 Å². The normalized spacial score (nSPS) is 12.5. The Morgan fingerprint density at radius 1 is 0.700 bits per heavy atom. The summed E-state index contributed by atoms with van der Waals surface area (Å²) in [5.74, 6) is 0.829. The van der Waals surface area contributed by atoms with Crippen LogP contribution in [-0.4, -0.2) is 6.54 Å². The molecule has 30 heavy (non-hydrogen) atoms. The van der Waals surface area contributed by atoms with Crippen LogP contribution in [0.3, 0.4) is 0 Å². The minimum atomic E-state index is 0.829. The zero-order valence-corrected chi connectivity index (χ0v) is 20.7. The summed E-state index contributed by atoms with van der Waals surface area (Å²) in [7, 11) is 0. The molecule has 0 fully saturated rings. The number of hydrogen-bond donors (Lipinski definition) is 1. The third kappa shape index (κ3) is 10.3. The Morgan fingerprint density at radius 2 is 1.23 bits per heavy atom. The van der Waals surface area contributed by atoms with Crippen LogP contribution in [0, 0.1) is 5.92 Å². The summed E-state index contributed by atoms with van der Waals surface area (Å²) < 4.78 is 1.40. The van der Waals surface area contributed by atoms with E-state index >= 15 is 0 Å². The largest absolute Gasteiger partial charge is 0.384 e. The van der Waals surface area contributed by atoms with Crippen molar-refractivity contribution in [1.29, 1.82) is 0 Å². The Morgan fingerprint density at radius 3 is 1.83 bits per heavy atom. The SMILES string of the molecule is CCCCCCCCCCC(CCCCCCCC)CNc1csc2ccccc12. The average Bonchev–Trinajstić information content (AvgIpc) is 3.18. The van der Waals surface area contributed by atoms with E-state index in [1.807, 2.05) is 11.3 Å². The van der Waals surface area contributed by atoms with Crippen LogP contribution in [-0.2, 0) is 0 Å². The first kappa shape index (κ1) is 25.2. The third-order valence-electron chi connectivity index (χ3n) is 6.49. The van der Waals surface area contributed by atoms with Gasteiger partial charge in [-0.1, -0.05) is 122 Å². The second kappa shape index (κ2) is 16.6. The molecular weight excluding hydrogens is 382 g/mol. The minimum absolute atomic E-state index is 0.829. The van der Waals surface area contributed by atoms with Crippen molar-refractivity contribution in [2.75, 3.05) is 11.9 Å². The van der Waals surface area contributed by atoms with Gasteiger partial charge in [-0.3, -0.25) is 0 Å². The Bertz CT molecular complexity index is 647. The number of anilines is 1. The molecule has 170 valence electrons. The van der Waals surface area contributed by atoms with E-state index in [9.17, 15) is 0 Å². The highest BCUT2D eigenvalue weighted by molar-refractivity contribution is 7.17. The van der Waals surface area contributed by atoms with E-state index in [0.717, 1.165) is 12.5 Å². The fourth-order valence-corrected chi connectivity index (χ4v) is 5.41. The molecule has 0 spiro atoms. The van der Waals surface area contributed by atoms with Crippen LogP contribution < -0.4 is 5.32 Å². The summed E-state index contributed by atoms with van der Waals surface area (Å²) in [5, 5.41) is 7.52. The standard InChI is InChI=1S/C28H47NS/c1-3-5-7-9-11-12-14-16-20-25(19-15-13-10-8-6-4-2)23-29-27-24-30-28-22-18-17-21-26(27)28/h17-18,21-22,24-25,29H,3-16,19-20,23H2,1-2H3. The second-order valence-electron chi connectivity index (χ2n) is 9.21. The van der Waals surface area contributed by atoms with Crippen LogP contribution in [0.1, 0.15) is 117 Å². The van der Waals surface area contributed by atoms with Gasteiger partial charge in [-0.05, 0) is 24.8 Å². The number of hydrogen-bond acceptors (Lipinski definition) is 2. The van der Waals surface area contributed by atoms with E-state index < -0.39 is 0 Å². The molecule has 1 heterocycles. The van der Waals surface area contributed by atoms with E-state index in [2.05, 4.69) is 48.8 Å². The fraction of sp³-hybridized carbons (Fsp3) is 0.714. The molecule has 0 saturated heterocycles. The lowest BCUT2D eigenvalue weighted by molar-refractivity contribution is 0.418. The highest BCUT2D eigenvalue weighted by Gasteiger charge is 2.10. The number of fused-ring (bicyclic) bond motifs is 1. The Hall–Kier alpha value is -1.02. The summed E-state index contributed by atoms with van der Waals surface area (Å²) in [4.78, 5) is 0. The maximum absolute atomic E-state index is 3.81. The molecular formula is C28H47NS. The van der Waals surface area contributed by atoms with E-state index in [-0.39, 0.29) is 0 Å². The second-order valence-corrected chi connectivity index (χ2v) is 10.1. The van der Waals surface area contributed by atoms with Gasteiger partial charge in [-0.25, -0.2) is 0 Å². The summed E-state index contributed by atoms with van der Waals surface area (Å²) in [6.07, 6.45) is 22.7. The van der Waals surface area contributed by atoms with Crippen molar-refractivity contribution in [2.45, 2.75) is 117 Å². The summed E-state index contributed by atoms with van der Waals surface area (Å²) in [6, 6.07) is 8.80. The smallest absolute Gasteiger partial charge is 0.0529 e. The zero-order valence-electron chi connectivity index (χ0n) is 19.9. The highest BCUT2D eigenvalue weighted by atomic mass is 32.1. The van der Waals surface area contributed by atoms with Crippen molar-refractivity contribution >= 4 is 27.1 Å². The first-order valence-electron chi connectivity index (χ1n) is 13.0. The number of rotatable bonds is 19. The Labute approximate surface area is 191 Å². The lowest BCUT2D eigenvalue weighted by Gasteiger charge is -2.18. The van der Waals surface area contributed by atoms with Crippen molar-refractivity contribution in [1.82, 2.24) is 0 Å². The van der Waals surface area contributed by atoms with Crippen molar-refractivity contribution in [3.63, 3.8) is 0 Å². The molecule has 2 heteroatoms. The maximum Gasteiger partial charge on any atom is 0.0529 e. The van der Waals surface area contributed by atoms with Gasteiger partial charge in [0.2, 0.25) is 0 Å². The Kier molecular flexibility index (Phi) is 14.0. The molecule has 0 radical (unpaired) electrons. The van der Waals surface area contributed by atoms with Crippen LogP contribution >= 0.6 is 11.3 Å². The van der Waals surface area contributed by atoms with E-state index in [4.69, 9.17) is 0 Å². The number of nitrogens with one attached hydrogen (secondary N) is 1. The monoisotopic (exact) mass is 429 g/mol. The number of benzene rings is 1. The summed E-state index contributed by atoms with van der Waals surface area (Å²) >= 11 is 1.86. The van der Waals surface area contributed by atoms with Crippen LogP contribution in [0.5, 0.6) is 0 Å². The first-order valence-corrected chi connectivity index (χ1v) is 13.9. The van der Waals surface area contributed by atoms with Crippen molar-refractivity contribution < 1.29 is 0 Å². The first-order chi connectivity index (χ1) is 14.8. The van der Waals surface area contributed by atoms with Crippen molar-refractivity contribution in [3.05, 3.63) is 29.6 Å². The molecule has 0 aliphatic carbocycles. The molecule has 1 nitrogen and oxygen atoms in total. The van der Waals surface area contributed by atoms with E-state index in [1.54, 1.807) is 0 Å². The molecule has 0 aliphatic heterocycles. The van der Waals surface area contributed by atoms with Crippen LogP contribution in [0.25, 0.3) is 10.1 Å². The van der Waals surface area contributed by atoms with E-state index in [0.29, 0.717) is 0 Å². The molecule has 0 bridgehead atoms. The van der Waals surface area contributed by atoms with E-state index in [1.165, 1.54) is 119 Å². The van der Waals surface area contributed by atoms with Gasteiger partial charge in [0.15, 0.2) is 0 Å². The maximum atomic E-state index is 3.81. The topological polar surface area (TPSA) is 12.0 Å². The average molecular weight is 430 g/mol. The quantitative estimate of drug-likeness (QED) is 0.219. The zero-order chi connectivity index (χ0) is 21.3. The van der Waals surface area contributed by atoms with Crippen LogP contribution in [0.4, 0.5) is 5.69 Å². The van der Waals surface area contributed by atoms with Gasteiger partial charge >= 0.3 is 0 Å². The number of unbranched alkanes of at least 4 members (excludes halogenated alkanes) is 12. The molecule has 1 N–H and O–H groups in total. The predicted octanol–water partition coefficient (Wildman–Crippen LogP) is 10.2. The van der Waals surface area contributed by atoms with Crippen LogP contribution in [0.2, 0.25) is 0 Å². The van der Waals surface area contributed by atoms with Gasteiger partial charge in [0.05, 0.1) is 5.69 Å². The van der Waals surface area contributed by atoms with Gasteiger partial charge in [-0.15, -0.1) is 11.3 Å². The molecule has 0 saturated carbocycles. The third-order valence-corrected chi connectivity index (χ3v) is 7.46. The van der Waals surface area contributed by atoms with Gasteiger partial charge in [-0.2, -0.15) is 0 Å². The van der Waals surface area contributed by atoms with Crippen molar-refractivity contribution in [3.8, 4) is 0 Å². The molecule has 0 amide bonds. The predicted molar refractivity (Wildman–Crippen MR) is 139 cm³/mol. The molecule has 2 aromatic rings. The highest BCUT2D eigenvalue weighted by Crippen LogP contribution is 2.30. The molecule has 1 unspecified atom stereocenters. The molecule has 2 rings (SSSR count). The number of thiophene rings is 1. The molecule has 1 atom stereocenters. The molecule has 0 aliphatic rings. The fourth-order valence-electron chi connectivity index (χ4n) is 4.50. The van der Waals surface area contributed by atoms with Crippen molar-refractivity contribution in [2.24, 2.45) is 5.92 Å². The van der Waals surface area contributed by atoms with Gasteiger partial charge < -0.3 is 5.32 Å². The molecule has 1 aromatic carbocycles. The minimum Gasteiger partial charge on any atom is -0.384 e. The van der Waals surface area contributed by atoms with Gasteiger partial charge in [0.1, 0.15) is 0 Å². The summed E-state index contributed by atoms with van der Waals surface area (Å²) in [6.45, 7) is 5.75. The lowest BCUT2D eigenvalue weighted by atomic mass is 9.94. The van der Waals surface area contributed by atoms with Crippen LogP contribution in [0.15, 0.2) is 29.6 Å². The molecule has 1 aromatic heterocycles. The summed E-state index contributed by atoms with van der Waals surface area (Å²) in [5.41, 5.74) is 1.35. The lowest BCUT2D eigenvalue weighted by Crippen LogP contribution is -2.14. The Balaban J connectivity index is 1.71. The van der Waals surface area contributed by atoms with Gasteiger partial charge in [0, 0.05) is 22.0 Å².